The summed E-state index contributed by atoms with van der Waals surface area (Å²) >= 11 is 0. The standard InChI is InChI=1S/C24H16FNO4/c25-16-8-11-19-18(12-16)22(27)20-21(26-24(28)23(20)30-19)15-6-9-17(10-7-15)29-13-14-4-2-1-3-5-14/h1-12,21H,13H2,(H,26,28). The summed E-state index contributed by atoms with van der Waals surface area (Å²) in [7, 11) is 0. The highest BCUT2D eigenvalue weighted by atomic mass is 19.1. The van der Waals surface area contributed by atoms with Crippen molar-refractivity contribution >= 4 is 16.9 Å². The summed E-state index contributed by atoms with van der Waals surface area (Å²) < 4.78 is 25.0. The Bertz CT molecular complexity index is 1310. The molecule has 1 aromatic heterocycles. The minimum atomic E-state index is -0.667. The van der Waals surface area contributed by atoms with Gasteiger partial charge in [-0.2, -0.15) is 0 Å². The van der Waals surface area contributed by atoms with E-state index in [2.05, 4.69) is 5.32 Å². The van der Waals surface area contributed by atoms with Crippen LogP contribution in [0.1, 0.15) is 33.3 Å². The van der Waals surface area contributed by atoms with Gasteiger partial charge in [0.2, 0.25) is 5.76 Å². The van der Waals surface area contributed by atoms with Gasteiger partial charge in [-0.25, -0.2) is 4.39 Å². The predicted molar refractivity (Wildman–Crippen MR) is 109 cm³/mol. The van der Waals surface area contributed by atoms with E-state index >= 15 is 0 Å². The summed E-state index contributed by atoms with van der Waals surface area (Å²) in [5.41, 5.74) is 1.71. The van der Waals surface area contributed by atoms with Crippen molar-refractivity contribution in [3.05, 3.63) is 111 Å². The smallest absolute Gasteiger partial charge is 0.288 e. The summed E-state index contributed by atoms with van der Waals surface area (Å²) in [5, 5.41) is 2.89. The summed E-state index contributed by atoms with van der Waals surface area (Å²) in [6, 6.07) is 19.9. The first-order valence-corrected chi connectivity index (χ1v) is 9.44. The largest absolute Gasteiger partial charge is 0.489 e. The molecule has 30 heavy (non-hydrogen) atoms. The number of amides is 1. The molecule has 1 atom stereocenters. The number of benzene rings is 3. The summed E-state index contributed by atoms with van der Waals surface area (Å²) in [4.78, 5) is 25.4. The van der Waals surface area contributed by atoms with E-state index in [9.17, 15) is 14.0 Å². The van der Waals surface area contributed by atoms with Gasteiger partial charge in [-0.15, -0.1) is 0 Å². The SMILES string of the molecule is O=C1NC(c2ccc(OCc3ccccc3)cc2)c2c1oc1ccc(F)cc1c2=O. The van der Waals surface area contributed by atoms with Crippen molar-refractivity contribution in [3.63, 3.8) is 0 Å². The lowest BCUT2D eigenvalue weighted by Gasteiger charge is -2.13. The molecule has 1 amide bonds. The Labute approximate surface area is 170 Å². The van der Waals surface area contributed by atoms with Crippen molar-refractivity contribution < 1.29 is 18.3 Å². The molecule has 148 valence electrons. The van der Waals surface area contributed by atoms with E-state index < -0.39 is 23.2 Å². The molecule has 0 aliphatic carbocycles. The van der Waals surface area contributed by atoms with Crippen LogP contribution < -0.4 is 15.5 Å². The van der Waals surface area contributed by atoms with Gasteiger partial charge in [0.05, 0.1) is 17.0 Å². The third-order valence-electron chi connectivity index (χ3n) is 5.12. The molecule has 1 unspecified atom stereocenters. The molecule has 1 N–H and O–H groups in total. The van der Waals surface area contributed by atoms with Crippen molar-refractivity contribution in [2.75, 3.05) is 0 Å². The third-order valence-corrected chi connectivity index (χ3v) is 5.12. The maximum atomic E-state index is 13.6. The topological polar surface area (TPSA) is 68.5 Å². The van der Waals surface area contributed by atoms with Gasteiger partial charge in [-0.05, 0) is 41.5 Å². The number of ether oxygens (including phenoxy) is 1. The maximum Gasteiger partial charge on any atom is 0.288 e. The number of carbonyl (C=O) groups is 1. The van der Waals surface area contributed by atoms with Gasteiger partial charge in [0.25, 0.3) is 5.91 Å². The van der Waals surface area contributed by atoms with E-state index in [4.69, 9.17) is 9.15 Å². The highest BCUT2D eigenvalue weighted by Crippen LogP contribution is 2.32. The lowest BCUT2D eigenvalue weighted by Crippen LogP contribution is -2.21. The monoisotopic (exact) mass is 401 g/mol. The molecular formula is C24H16FNO4. The first-order chi connectivity index (χ1) is 14.6. The van der Waals surface area contributed by atoms with E-state index in [0.29, 0.717) is 17.9 Å². The van der Waals surface area contributed by atoms with Crippen LogP contribution in [0.4, 0.5) is 4.39 Å². The molecule has 0 fully saturated rings. The number of carbonyl (C=O) groups excluding carboxylic acids is 1. The Morgan fingerprint density at radius 2 is 1.73 bits per heavy atom. The Balaban J connectivity index is 1.46. The number of hydrogen-bond donors (Lipinski definition) is 1. The van der Waals surface area contributed by atoms with Crippen molar-refractivity contribution in [2.45, 2.75) is 12.6 Å². The molecule has 5 rings (SSSR count). The summed E-state index contributed by atoms with van der Waals surface area (Å²) in [6.07, 6.45) is 0. The van der Waals surface area contributed by atoms with Crippen LogP contribution in [-0.4, -0.2) is 5.91 Å². The van der Waals surface area contributed by atoms with Crippen molar-refractivity contribution in [1.29, 1.82) is 0 Å². The molecule has 0 saturated carbocycles. The van der Waals surface area contributed by atoms with E-state index in [0.717, 1.165) is 11.6 Å². The fourth-order valence-corrected chi connectivity index (χ4v) is 3.63. The average Bonchev–Trinajstić information content (AvgIpc) is 3.11. The fraction of sp³-hybridized carbons (Fsp3) is 0.0833. The highest BCUT2D eigenvalue weighted by molar-refractivity contribution is 5.98. The first-order valence-electron chi connectivity index (χ1n) is 9.44. The molecule has 1 aliphatic rings. The Kier molecular flexibility index (Phi) is 4.32. The molecule has 5 nitrogen and oxygen atoms in total. The van der Waals surface area contributed by atoms with Gasteiger partial charge in [0, 0.05) is 0 Å². The van der Waals surface area contributed by atoms with Gasteiger partial charge in [0.1, 0.15) is 23.8 Å². The second-order valence-corrected chi connectivity index (χ2v) is 7.06. The zero-order valence-electron chi connectivity index (χ0n) is 15.7. The molecule has 0 bridgehead atoms. The van der Waals surface area contributed by atoms with Gasteiger partial charge in [-0.3, -0.25) is 9.59 Å². The molecule has 0 radical (unpaired) electrons. The Morgan fingerprint density at radius 1 is 0.967 bits per heavy atom. The number of fused-ring (bicyclic) bond motifs is 2. The van der Waals surface area contributed by atoms with Gasteiger partial charge < -0.3 is 14.5 Å². The van der Waals surface area contributed by atoms with Crippen LogP contribution in [0.15, 0.2) is 82.0 Å². The number of hydrogen-bond acceptors (Lipinski definition) is 4. The second kappa shape index (κ2) is 7.15. The van der Waals surface area contributed by atoms with Crippen LogP contribution in [0, 0.1) is 5.82 Å². The molecule has 3 aromatic carbocycles. The molecule has 1 aliphatic heterocycles. The number of rotatable bonds is 4. The van der Waals surface area contributed by atoms with E-state index in [1.807, 2.05) is 30.3 Å². The van der Waals surface area contributed by atoms with Crippen LogP contribution in [0.25, 0.3) is 11.0 Å². The zero-order valence-corrected chi connectivity index (χ0v) is 15.7. The third kappa shape index (κ3) is 3.12. The molecule has 4 aromatic rings. The lowest BCUT2D eigenvalue weighted by atomic mass is 9.99. The second-order valence-electron chi connectivity index (χ2n) is 7.06. The zero-order chi connectivity index (χ0) is 20.7. The fourth-order valence-electron chi connectivity index (χ4n) is 3.63. The minimum absolute atomic E-state index is 0.0338. The highest BCUT2D eigenvalue weighted by Gasteiger charge is 2.35. The molecule has 2 heterocycles. The van der Waals surface area contributed by atoms with Crippen molar-refractivity contribution in [1.82, 2.24) is 5.32 Å². The van der Waals surface area contributed by atoms with Crippen LogP contribution in [0.2, 0.25) is 0 Å². The summed E-state index contributed by atoms with van der Waals surface area (Å²) in [6.45, 7) is 0.435. The molecule has 0 saturated heterocycles. The number of halogens is 1. The predicted octanol–water partition coefficient (Wildman–Crippen LogP) is 4.34. The summed E-state index contributed by atoms with van der Waals surface area (Å²) in [5.74, 6) is -0.375. The van der Waals surface area contributed by atoms with E-state index in [-0.39, 0.29) is 22.3 Å². The quantitative estimate of drug-likeness (QED) is 0.552. The Hall–Kier alpha value is -3.93. The first kappa shape index (κ1) is 18.1. The van der Waals surface area contributed by atoms with Crippen LogP contribution in [0.5, 0.6) is 5.75 Å². The molecule has 0 spiro atoms. The van der Waals surface area contributed by atoms with Gasteiger partial charge in [0.15, 0.2) is 5.43 Å². The normalized spacial score (nSPS) is 15.1. The van der Waals surface area contributed by atoms with Crippen molar-refractivity contribution in [3.8, 4) is 5.75 Å². The molecule has 6 heteroatoms. The van der Waals surface area contributed by atoms with Crippen LogP contribution >= 0.6 is 0 Å². The maximum absolute atomic E-state index is 13.6. The number of nitrogens with one attached hydrogen (secondary N) is 1. The average molecular weight is 401 g/mol. The lowest BCUT2D eigenvalue weighted by molar-refractivity contribution is 0.0938. The van der Waals surface area contributed by atoms with E-state index in [1.54, 1.807) is 24.3 Å². The van der Waals surface area contributed by atoms with Gasteiger partial charge in [-0.1, -0.05) is 42.5 Å². The van der Waals surface area contributed by atoms with E-state index in [1.165, 1.54) is 12.1 Å². The molecular weight excluding hydrogens is 385 g/mol. The van der Waals surface area contributed by atoms with Crippen LogP contribution in [-0.2, 0) is 6.61 Å². The van der Waals surface area contributed by atoms with Crippen molar-refractivity contribution in [2.24, 2.45) is 0 Å². The minimum Gasteiger partial charge on any atom is -0.489 e. The van der Waals surface area contributed by atoms with Gasteiger partial charge >= 0.3 is 0 Å². The van der Waals surface area contributed by atoms with Crippen LogP contribution in [0.3, 0.4) is 0 Å². The Morgan fingerprint density at radius 3 is 2.50 bits per heavy atom.